The van der Waals surface area contributed by atoms with E-state index in [2.05, 4.69) is 42.6 Å². The molecule has 0 heterocycles. The first-order chi connectivity index (χ1) is 9.83. The Balaban J connectivity index is 1.76. The van der Waals surface area contributed by atoms with E-state index < -0.39 is 0 Å². The third-order valence-electron chi connectivity index (χ3n) is 3.70. The summed E-state index contributed by atoms with van der Waals surface area (Å²) in [7, 11) is 0. The van der Waals surface area contributed by atoms with E-state index in [-0.39, 0.29) is 6.10 Å². The van der Waals surface area contributed by atoms with Crippen LogP contribution in [0.2, 0.25) is 0 Å². The Morgan fingerprint density at radius 1 is 1.05 bits per heavy atom. The number of nitrogens with one attached hydrogen (secondary N) is 1. The zero-order valence-corrected chi connectivity index (χ0v) is 11.9. The summed E-state index contributed by atoms with van der Waals surface area (Å²) in [5.41, 5.74) is 2.41. The molecule has 0 saturated heterocycles. The average Bonchev–Trinajstić information content (AvgIpc) is 3.30. The Hall–Kier alpha value is -1.80. The van der Waals surface area contributed by atoms with Crippen LogP contribution in [0.1, 0.15) is 30.1 Å². The summed E-state index contributed by atoms with van der Waals surface area (Å²) < 4.78 is 6.25. The van der Waals surface area contributed by atoms with Crippen LogP contribution in [-0.2, 0) is 0 Å². The molecule has 1 aliphatic carbocycles. The first kappa shape index (κ1) is 13.2. The molecule has 3 rings (SSSR count). The highest BCUT2D eigenvalue weighted by Gasteiger charge is 2.23. The van der Waals surface area contributed by atoms with Gasteiger partial charge >= 0.3 is 0 Å². The number of hydrogen-bond acceptors (Lipinski definition) is 2. The zero-order chi connectivity index (χ0) is 13.8. The fourth-order valence-electron chi connectivity index (χ4n) is 2.30. The van der Waals surface area contributed by atoms with Crippen LogP contribution in [0.5, 0.6) is 5.75 Å². The fraction of sp³-hybridized carbons (Fsp3) is 0.333. The minimum Gasteiger partial charge on any atom is -0.484 e. The maximum atomic E-state index is 6.25. The maximum Gasteiger partial charge on any atom is 0.136 e. The van der Waals surface area contributed by atoms with Crippen molar-refractivity contribution >= 4 is 0 Å². The fourth-order valence-corrected chi connectivity index (χ4v) is 2.30. The van der Waals surface area contributed by atoms with Crippen molar-refractivity contribution in [2.24, 2.45) is 0 Å². The van der Waals surface area contributed by atoms with E-state index in [1.54, 1.807) is 0 Å². The van der Waals surface area contributed by atoms with Crippen LogP contribution in [-0.4, -0.2) is 12.6 Å². The van der Waals surface area contributed by atoms with E-state index in [0.717, 1.165) is 12.3 Å². The molecule has 1 saturated carbocycles. The lowest BCUT2D eigenvalue weighted by atomic mass is 10.1. The number of ether oxygens (including phenoxy) is 1. The van der Waals surface area contributed by atoms with Crippen LogP contribution >= 0.6 is 0 Å². The van der Waals surface area contributed by atoms with Gasteiger partial charge < -0.3 is 10.1 Å². The molecular weight excluding hydrogens is 246 g/mol. The van der Waals surface area contributed by atoms with Crippen molar-refractivity contribution in [3.05, 3.63) is 65.7 Å². The normalized spacial score (nSPS) is 15.8. The van der Waals surface area contributed by atoms with Crippen molar-refractivity contribution in [2.75, 3.05) is 6.54 Å². The predicted molar refractivity (Wildman–Crippen MR) is 82.0 cm³/mol. The number of rotatable bonds is 6. The Labute approximate surface area is 120 Å². The maximum absolute atomic E-state index is 6.25. The summed E-state index contributed by atoms with van der Waals surface area (Å²) in [6.07, 6.45) is 2.66. The molecule has 0 aliphatic heterocycles. The van der Waals surface area contributed by atoms with E-state index in [1.165, 1.54) is 24.0 Å². The standard InChI is InChI=1S/C18H21NO/c1-14-7-5-6-10-17(14)20-18(13-19-16-11-12-16)15-8-3-2-4-9-15/h2-10,16,18-19H,11-13H2,1H3. The van der Waals surface area contributed by atoms with Gasteiger partial charge in [-0.25, -0.2) is 0 Å². The molecule has 1 aliphatic rings. The summed E-state index contributed by atoms with van der Waals surface area (Å²) in [6.45, 7) is 2.95. The van der Waals surface area contributed by atoms with E-state index in [1.807, 2.05) is 24.3 Å². The molecule has 2 aromatic carbocycles. The summed E-state index contributed by atoms with van der Waals surface area (Å²) >= 11 is 0. The largest absolute Gasteiger partial charge is 0.484 e. The molecule has 0 radical (unpaired) electrons. The van der Waals surface area contributed by atoms with Gasteiger partial charge in [-0.15, -0.1) is 0 Å². The van der Waals surface area contributed by atoms with Gasteiger partial charge in [-0.2, -0.15) is 0 Å². The summed E-state index contributed by atoms with van der Waals surface area (Å²) in [6, 6.07) is 19.4. The van der Waals surface area contributed by atoms with Gasteiger partial charge in [-0.05, 0) is 37.0 Å². The van der Waals surface area contributed by atoms with Crippen molar-refractivity contribution in [2.45, 2.75) is 31.9 Å². The van der Waals surface area contributed by atoms with Crippen LogP contribution in [0.4, 0.5) is 0 Å². The Kier molecular flexibility index (Phi) is 4.03. The zero-order valence-electron chi connectivity index (χ0n) is 11.9. The monoisotopic (exact) mass is 267 g/mol. The average molecular weight is 267 g/mol. The van der Waals surface area contributed by atoms with Gasteiger partial charge in [0.1, 0.15) is 11.9 Å². The summed E-state index contributed by atoms with van der Waals surface area (Å²) in [5, 5.41) is 3.57. The van der Waals surface area contributed by atoms with Crippen molar-refractivity contribution in [3.8, 4) is 5.75 Å². The van der Waals surface area contributed by atoms with Gasteiger partial charge in [0.25, 0.3) is 0 Å². The number of aryl methyl sites for hydroxylation is 1. The van der Waals surface area contributed by atoms with Gasteiger partial charge in [0.05, 0.1) is 0 Å². The van der Waals surface area contributed by atoms with Crippen LogP contribution in [0.25, 0.3) is 0 Å². The van der Waals surface area contributed by atoms with Gasteiger partial charge in [0.2, 0.25) is 0 Å². The highest BCUT2D eigenvalue weighted by Crippen LogP contribution is 2.26. The Morgan fingerprint density at radius 2 is 1.75 bits per heavy atom. The second-order valence-electron chi connectivity index (χ2n) is 5.47. The van der Waals surface area contributed by atoms with Crippen LogP contribution in [0.15, 0.2) is 54.6 Å². The smallest absolute Gasteiger partial charge is 0.136 e. The topological polar surface area (TPSA) is 21.3 Å². The molecule has 1 unspecified atom stereocenters. The molecule has 104 valence electrons. The molecule has 0 amide bonds. The van der Waals surface area contributed by atoms with Crippen molar-refractivity contribution in [3.63, 3.8) is 0 Å². The minimum absolute atomic E-state index is 0.0675. The van der Waals surface area contributed by atoms with Crippen molar-refractivity contribution in [1.82, 2.24) is 5.32 Å². The summed E-state index contributed by atoms with van der Waals surface area (Å²) in [5.74, 6) is 0.971. The molecule has 20 heavy (non-hydrogen) atoms. The first-order valence-corrected chi connectivity index (χ1v) is 7.33. The molecule has 1 atom stereocenters. The number of para-hydroxylation sites is 1. The van der Waals surface area contributed by atoms with E-state index in [4.69, 9.17) is 4.74 Å². The number of benzene rings is 2. The van der Waals surface area contributed by atoms with Gasteiger partial charge in [0.15, 0.2) is 0 Å². The molecule has 1 fully saturated rings. The van der Waals surface area contributed by atoms with Crippen molar-refractivity contribution < 1.29 is 4.74 Å². The highest BCUT2D eigenvalue weighted by molar-refractivity contribution is 5.33. The van der Waals surface area contributed by atoms with Gasteiger partial charge in [-0.1, -0.05) is 48.5 Å². The Morgan fingerprint density at radius 3 is 2.45 bits per heavy atom. The highest BCUT2D eigenvalue weighted by atomic mass is 16.5. The van der Waals surface area contributed by atoms with Gasteiger partial charge in [0, 0.05) is 12.6 Å². The quantitative estimate of drug-likeness (QED) is 0.858. The molecule has 2 heteroatoms. The number of hydrogen-bond donors (Lipinski definition) is 1. The minimum atomic E-state index is 0.0675. The van der Waals surface area contributed by atoms with Gasteiger partial charge in [-0.3, -0.25) is 0 Å². The summed E-state index contributed by atoms with van der Waals surface area (Å²) in [4.78, 5) is 0. The third kappa shape index (κ3) is 3.40. The molecule has 2 nitrogen and oxygen atoms in total. The van der Waals surface area contributed by atoms with Crippen LogP contribution < -0.4 is 10.1 Å². The molecule has 0 aromatic heterocycles. The predicted octanol–water partition coefficient (Wildman–Crippen LogP) is 3.87. The Bertz CT molecular complexity index is 548. The van der Waals surface area contributed by atoms with Crippen LogP contribution in [0, 0.1) is 6.92 Å². The van der Waals surface area contributed by atoms with E-state index in [0.29, 0.717) is 6.04 Å². The second-order valence-corrected chi connectivity index (χ2v) is 5.47. The molecule has 2 aromatic rings. The molecule has 1 N–H and O–H groups in total. The third-order valence-corrected chi connectivity index (χ3v) is 3.70. The SMILES string of the molecule is Cc1ccccc1OC(CNC1CC1)c1ccccc1. The van der Waals surface area contributed by atoms with Crippen molar-refractivity contribution in [1.29, 1.82) is 0 Å². The van der Waals surface area contributed by atoms with E-state index >= 15 is 0 Å². The molecule has 0 bridgehead atoms. The second kappa shape index (κ2) is 6.10. The van der Waals surface area contributed by atoms with Crippen LogP contribution in [0.3, 0.4) is 0 Å². The first-order valence-electron chi connectivity index (χ1n) is 7.33. The lowest BCUT2D eigenvalue weighted by Gasteiger charge is -2.21. The lowest BCUT2D eigenvalue weighted by Crippen LogP contribution is -2.26. The molecule has 0 spiro atoms. The van der Waals surface area contributed by atoms with E-state index in [9.17, 15) is 0 Å². The lowest BCUT2D eigenvalue weighted by molar-refractivity contribution is 0.200. The molecular formula is C18H21NO.